The topological polar surface area (TPSA) is 71.0 Å². The standard InChI is InChI=1S/C14H21NO4/c1-2-11(5-6-16)15-8-12(17)10-3-4-13-14(7-10)19-9-18-13/h3-4,7,11-12,15-17H,2,5-6,8-9H2,1H3. The van der Waals surface area contributed by atoms with E-state index in [0.29, 0.717) is 18.7 Å². The van der Waals surface area contributed by atoms with Crippen LogP contribution in [0.4, 0.5) is 0 Å². The fraction of sp³-hybridized carbons (Fsp3) is 0.571. The van der Waals surface area contributed by atoms with Crippen molar-refractivity contribution in [2.24, 2.45) is 0 Å². The molecule has 2 unspecified atom stereocenters. The number of benzene rings is 1. The number of aliphatic hydroxyl groups excluding tert-OH is 2. The van der Waals surface area contributed by atoms with Crippen LogP contribution in [-0.2, 0) is 0 Å². The largest absolute Gasteiger partial charge is 0.454 e. The zero-order valence-electron chi connectivity index (χ0n) is 11.1. The second-order valence-electron chi connectivity index (χ2n) is 4.65. The average Bonchev–Trinajstić information content (AvgIpc) is 2.90. The predicted octanol–water partition coefficient (Wildman–Crippen LogP) is 1.20. The minimum Gasteiger partial charge on any atom is -0.454 e. The first-order valence-electron chi connectivity index (χ1n) is 6.66. The highest BCUT2D eigenvalue weighted by Gasteiger charge is 2.17. The van der Waals surface area contributed by atoms with Gasteiger partial charge in [0, 0.05) is 19.2 Å². The van der Waals surface area contributed by atoms with Gasteiger partial charge in [-0.3, -0.25) is 0 Å². The Bertz CT molecular complexity index is 410. The van der Waals surface area contributed by atoms with Gasteiger partial charge in [0.15, 0.2) is 11.5 Å². The highest BCUT2D eigenvalue weighted by molar-refractivity contribution is 5.45. The summed E-state index contributed by atoms with van der Waals surface area (Å²) in [7, 11) is 0. The fourth-order valence-corrected chi connectivity index (χ4v) is 2.12. The van der Waals surface area contributed by atoms with Crippen LogP contribution in [0.5, 0.6) is 11.5 Å². The summed E-state index contributed by atoms with van der Waals surface area (Å²) < 4.78 is 10.5. The van der Waals surface area contributed by atoms with Gasteiger partial charge in [0.1, 0.15) is 0 Å². The van der Waals surface area contributed by atoms with E-state index in [2.05, 4.69) is 12.2 Å². The van der Waals surface area contributed by atoms with Crippen molar-refractivity contribution in [3.8, 4) is 11.5 Å². The maximum Gasteiger partial charge on any atom is 0.231 e. The molecular formula is C14H21NO4. The maximum atomic E-state index is 10.1. The molecule has 0 amide bonds. The quantitative estimate of drug-likeness (QED) is 0.692. The molecule has 0 spiro atoms. The van der Waals surface area contributed by atoms with Crippen molar-refractivity contribution < 1.29 is 19.7 Å². The van der Waals surface area contributed by atoms with Gasteiger partial charge in [-0.25, -0.2) is 0 Å². The normalized spacial score (nSPS) is 16.4. The molecule has 1 aromatic rings. The van der Waals surface area contributed by atoms with Crippen LogP contribution in [0.3, 0.4) is 0 Å². The molecular weight excluding hydrogens is 246 g/mol. The van der Waals surface area contributed by atoms with E-state index in [1.807, 2.05) is 18.2 Å². The first-order chi connectivity index (χ1) is 9.24. The van der Waals surface area contributed by atoms with Gasteiger partial charge in [-0.15, -0.1) is 0 Å². The Balaban J connectivity index is 1.90. The zero-order chi connectivity index (χ0) is 13.7. The number of fused-ring (bicyclic) bond motifs is 1. The van der Waals surface area contributed by atoms with E-state index in [0.717, 1.165) is 17.7 Å². The van der Waals surface area contributed by atoms with Crippen LogP contribution in [0.2, 0.25) is 0 Å². The Kier molecular flexibility index (Phi) is 5.01. The third-order valence-electron chi connectivity index (χ3n) is 3.35. The van der Waals surface area contributed by atoms with Crippen LogP contribution in [0.15, 0.2) is 18.2 Å². The highest BCUT2D eigenvalue weighted by Crippen LogP contribution is 2.34. The molecule has 5 heteroatoms. The van der Waals surface area contributed by atoms with Crippen LogP contribution < -0.4 is 14.8 Å². The van der Waals surface area contributed by atoms with E-state index < -0.39 is 6.10 Å². The third-order valence-corrected chi connectivity index (χ3v) is 3.35. The lowest BCUT2D eigenvalue weighted by molar-refractivity contribution is 0.163. The van der Waals surface area contributed by atoms with Gasteiger partial charge >= 0.3 is 0 Å². The first-order valence-corrected chi connectivity index (χ1v) is 6.66. The highest BCUT2D eigenvalue weighted by atomic mass is 16.7. The fourth-order valence-electron chi connectivity index (χ4n) is 2.12. The minimum absolute atomic E-state index is 0.158. The molecule has 0 radical (unpaired) electrons. The van der Waals surface area contributed by atoms with Crippen molar-refractivity contribution in [1.82, 2.24) is 5.32 Å². The van der Waals surface area contributed by atoms with Gasteiger partial charge in [-0.2, -0.15) is 0 Å². The molecule has 1 aliphatic rings. The lowest BCUT2D eigenvalue weighted by Crippen LogP contribution is -2.33. The summed E-state index contributed by atoms with van der Waals surface area (Å²) in [5, 5.41) is 22.3. The Hall–Kier alpha value is -1.30. The van der Waals surface area contributed by atoms with E-state index in [4.69, 9.17) is 14.6 Å². The van der Waals surface area contributed by atoms with Crippen LogP contribution in [0.1, 0.15) is 31.4 Å². The molecule has 3 N–H and O–H groups in total. The molecule has 0 saturated heterocycles. The van der Waals surface area contributed by atoms with Gasteiger partial charge in [-0.1, -0.05) is 13.0 Å². The molecule has 5 nitrogen and oxygen atoms in total. The average molecular weight is 267 g/mol. The van der Waals surface area contributed by atoms with E-state index in [9.17, 15) is 5.11 Å². The zero-order valence-corrected chi connectivity index (χ0v) is 11.1. The van der Waals surface area contributed by atoms with E-state index >= 15 is 0 Å². The monoisotopic (exact) mass is 267 g/mol. The molecule has 0 aromatic heterocycles. The van der Waals surface area contributed by atoms with Gasteiger partial charge in [-0.05, 0) is 30.5 Å². The molecule has 0 aliphatic carbocycles. The summed E-state index contributed by atoms with van der Waals surface area (Å²) in [6.07, 6.45) is 1.03. The molecule has 1 aromatic carbocycles. The van der Waals surface area contributed by atoms with Crippen molar-refractivity contribution in [3.63, 3.8) is 0 Å². The SMILES string of the molecule is CCC(CCO)NCC(O)c1ccc2c(c1)OCO2. The minimum atomic E-state index is -0.595. The molecule has 0 saturated carbocycles. The van der Waals surface area contributed by atoms with Crippen molar-refractivity contribution in [2.45, 2.75) is 31.9 Å². The molecule has 2 atom stereocenters. The number of nitrogens with one attached hydrogen (secondary N) is 1. The number of rotatable bonds is 7. The van der Waals surface area contributed by atoms with Crippen LogP contribution in [0.25, 0.3) is 0 Å². The molecule has 1 heterocycles. The van der Waals surface area contributed by atoms with Gasteiger partial charge < -0.3 is 25.0 Å². The smallest absolute Gasteiger partial charge is 0.231 e. The van der Waals surface area contributed by atoms with Gasteiger partial charge in [0.2, 0.25) is 6.79 Å². The molecule has 0 fully saturated rings. The summed E-state index contributed by atoms with van der Waals surface area (Å²) in [6, 6.07) is 5.69. The van der Waals surface area contributed by atoms with Crippen molar-refractivity contribution in [1.29, 1.82) is 0 Å². The summed E-state index contributed by atoms with van der Waals surface area (Å²) in [5.41, 5.74) is 0.801. The molecule has 19 heavy (non-hydrogen) atoms. The van der Waals surface area contributed by atoms with Crippen molar-refractivity contribution >= 4 is 0 Å². The number of hydrogen-bond acceptors (Lipinski definition) is 5. The van der Waals surface area contributed by atoms with E-state index in [1.54, 1.807) is 0 Å². The predicted molar refractivity (Wildman–Crippen MR) is 71.3 cm³/mol. The van der Waals surface area contributed by atoms with Gasteiger partial charge in [0.05, 0.1) is 6.10 Å². The first kappa shape index (κ1) is 14.1. The maximum absolute atomic E-state index is 10.1. The lowest BCUT2D eigenvalue weighted by atomic mass is 10.1. The summed E-state index contributed by atoms with van der Waals surface area (Å²) >= 11 is 0. The van der Waals surface area contributed by atoms with Gasteiger partial charge in [0.25, 0.3) is 0 Å². The third kappa shape index (κ3) is 3.59. The van der Waals surface area contributed by atoms with Crippen molar-refractivity contribution in [2.75, 3.05) is 19.9 Å². The van der Waals surface area contributed by atoms with Crippen LogP contribution >= 0.6 is 0 Å². The van der Waals surface area contributed by atoms with Crippen LogP contribution in [0, 0.1) is 0 Å². The second kappa shape index (κ2) is 6.75. The van der Waals surface area contributed by atoms with Crippen molar-refractivity contribution in [3.05, 3.63) is 23.8 Å². The molecule has 2 rings (SSSR count). The summed E-state index contributed by atoms with van der Waals surface area (Å²) in [4.78, 5) is 0. The number of ether oxygens (including phenoxy) is 2. The summed E-state index contributed by atoms with van der Waals surface area (Å²) in [5.74, 6) is 1.40. The van der Waals surface area contributed by atoms with Crippen LogP contribution in [-0.4, -0.2) is 36.2 Å². The molecule has 0 bridgehead atoms. The Morgan fingerprint density at radius 2 is 2.11 bits per heavy atom. The Morgan fingerprint density at radius 3 is 2.84 bits per heavy atom. The summed E-state index contributed by atoms with van der Waals surface area (Å²) in [6.45, 7) is 2.91. The molecule has 106 valence electrons. The Labute approximate surface area is 113 Å². The number of aliphatic hydroxyl groups is 2. The number of hydrogen-bond donors (Lipinski definition) is 3. The molecule has 1 aliphatic heterocycles. The van der Waals surface area contributed by atoms with E-state index in [1.165, 1.54) is 0 Å². The van der Waals surface area contributed by atoms with E-state index in [-0.39, 0.29) is 19.4 Å². The second-order valence-corrected chi connectivity index (χ2v) is 4.65. The Morgan fingerprint density at radius 1 is 1.32 bits per heavy atom. The lowest BCUT2D eigenvalue weighted by Gasteiger charge is -2.19.